The molecule has 2 unspecified atom stereocenters. The van der Waals surface area contributed by atoms with E-state index < -0.39 is 51.5 Å². The van der Waals surface area contributed by atoms with Crippen molar-refractivity contribution in [1.29, 1.82) is 0 Å². The summed E-state index contributed by atoms with van der Waals surface area (Å²) in [4.78, 5) is 39.3. The third-order valence-electron chi connectivity index (χ3n) is 15.2. The minimum absolute atomic E-state index is 0.0790. The molecule has 12 heteroatoms. The number of nitrogens with zero attached hydrogens (tertiary/aromatic N) is 3. The molecule has 2 aromatic carbocycles. The van der Waals surface area contributed by atoms with Gasteiger partial charge in [0.2, 0.25) is 0 Å². The van der Waals surface area contributed by atoms with Crippen LogP contribution in [0.1, 0.15) is 68.3 Å². The van der Waals surface area contributed by atoms with Crippen LogP contribution in [-0.2, 0) is 31.6 Å². The highest BCUT2D eigenvalue weighted by atomic mass is 16.5. The van der Waals surface area contributed by atoms with Crippen molar-refractivity contribution in [3.8, 4) is 5.75 Å². The molecule has 1 aromatic heterocycles. The number of hydrogen-bond donors (Lipinski definition) is 5. The van der Waals surface area contributed by atoms with Gasteiger partial charge in [0.25, 0.3) is 5.91 Å². The van der Waals surface area contributed by atoms with Crippen LogP contribution in [0, 0.1) is 11.3 Å². The summed E-state index contributed by atoms with van der Waals surface area (Å²) in [5.41, 5.74) is 4.72. The molecule has 294 valence electrons. The van der Waals surface area contributed by atoms with Crippen LogP contribution in [0.2, 0.25) is 0 Å². The lowest BCUT2D eigenvalue weighted by Gasteiger charge is -2.63. The second-order valence-corrected chi connectivity index (χ2v) is 17.5. The number of likely N-dealkylation sites (N-methyl/N-ethyl adjacent to an activating group) is 1. The fourth-order valence-corrected chi connectivity index (χ4v) is 13.1. The molecule has 12 nitrogen and oxygen atoms in total. The number of nitrogens with two attached hydrogens (primary N) is 1. The Morgan fingerprint density at radius 3 is 2.53 bits per heavy atom. The second-order valence-electron chi connectivity index (χ2n) is 17.5. The molecule has 6 aliphatic rings. The number of fused-ring (bicyclic) bond motifs is 6. The number of hydrogen-bond acceptors (Lipinski definition) is 10. The first-order valence-electron chi connectivity index (χ1n) is 20.0. The largest absolute Gasteiger partial charge is 0.496 e. The number of piperidine rings is 1. The van der Waals surface area contributed by atoms with E-state index in [0.29, 0.717) is 69.5 Å². The Morgan fingerprint density at radius 1 is 1.04 bits per heavy atom. The van der Waals surface area contributed by atoms with Gasteiger partial charge in [0.05, 0.1) is 25.9 Å². The zero-order chi connectivity index (χ0) is 38.9. The summed E-state index contributed by atoms with van der Waals surface area (Å²) in [5, 5.41) is 38.0. The highest BCUT2D eigenvalue weighted by Crippen LogP contribution is 2.67. The standard InChI is InChI=1S/C43H55N5O7/c1-6-39(52)21-25-22-42(38(51)55-5,33-27(13-17-47(23-25)24-39)26-11-8-9-12-30(26)45-33)29-19-28-31(20-32(29)54-4)46(3)35-41(28)15-18-48-16-10-14-40(7-2,34(41)48)36(49)43(35,53)37(44)50/h8-12,14,19-20,25,34-36,45,49,52-53H,6-7,13,15-18,21-24H2,1-5H3,(H2,44,50)/t25-,34-,35+,36?,39+,40+,41+,42+,43-/m0/s1. The summed E-state index contributed by atoms with van der Waals surface area (Å²) in [7, 11) is 4.89. The number of anilines is 1. The number of H-pyrrole nitrogens is 1. The van der Waals surface area contributed by atoms with Crippen LogP contribution < -0.4 is 15.4 Å². The summed E-state index contributed by atoms with van der Waals surface area (Å²) in [6, 6.07) is 11.0. The van der Waals surface area contributed by atoms with Gasteiger partial charge in [0.15, 0.2) is 5.60 Å². The smallest absolute Gasteiger partial charge is 0.322 e. The lowest BCUT2D eigenvalue weighted by molar-refractivity contribution is -0.201. The number of carbonyl (C=O) groups is 2. The van der Waals surface area contributed by atoms with Crippen molar-refractivity contribution in [2.24, 2.45) is 17.1 Å². The number of methoxy groups -OCH3 is 2. The second kappa shape index (κ2) is 12.3. The number of ether oxygens (including phenoxy) is 2. The minimum Gasteiger partial charge on any atom is -0.496 e. The molecule has 1 aliphatic carbocycles. The van der Waals surface area contributed by atoms with Crippen molar-refractivity contribution in [3.63, 3.8) is 0 Å². The predicted octanol–water partition coefficient (Wildman–Crippen LogP) is 2.73. The number of aliphatic hydroxyl groups excluding tert-OH is 1. The molecule has 2 saturated heterocycles. The van der Waals surface area contributed by atoms with E-state index in [1.54, 1.807) is 7.11 Å². The number of carbonyl (C=O) groups excluding carboxylic acids is 2. The van der Waals surface area contributed by atoms with Crippen molar-refractivity contribution in [2.45, 2.75) is 92.6 Å². The van der Waals surface area contributed by atoms with Gasteiger partial charge < -0.3 is 40.4 Å². The summed E-state index contributed by atoms with van der Waals surface area (Å²) in [6.45, 7) is 7.39. The third kappa shape index (κ3) is 4.51. The minimum atomic E-state index is -2.30. The van der Waals surface area contributed by atoms with Gasteiger partial charge in [0.1, 0.15) is 17.3 Å². The van der Waals surface area contributed by atoms with Gasteiger partial charge >= 0.3 is 5.97 Å². The molecule has 0 radical (unpaired) electrons. The molecule has 6 N–H and O–H groups in total. The third-order valence-corrected chi connectivity index (χ3v) is 15.2. The maximum absolute atomic E-state index is 15.2. The maximum atomic E-state index is 15.2. The van der Waals surface area contributed by atoms with Gasteiger partial charge in [-0.05, 0) is 74.2 Å². The number of aliphatic hydroxyl groups is 3. The van der Waals surface area contributed by atoms with Crippen LogP contribution >= 0.6 is 0 Å². The Balaban J connectivity index is 1.36. The van der Waals surface area contributed by atoms with E-state index in [1.165, 1.54) is 7.11 Å². The normalized spacial score (nSPS) is 39.0. The average molecular weight is 754 g/mol. The lowest BCUT2D eigenvalue weighted by Crippen LogP contribution is -2.81. The first kappa shape index (κ1) is 36.7. The van der Waals surface area contributed by atoms with Crippen molar-refractivity contribution in [3.05, 3.63) is 70.9 Å². The van der Waals surface area contributed by atoms with Gasteiger partial charge in [-0.2, -0.15) is 0 Å². The topological polar surface area (TPSA) is 165 Å². The van der Waals surface area contributed by atoms with Gasteiger partial charge in [-0.25, -0.2) is 0 Å². The fraction of sp³-hybridized carbons (Fsp3) is 0.581. The molecule has 10 atom stereocenters. The number of para-hydroxylation sites is 1. The van der Waals surface area contributed by atoms with Crippen molar-refractivity contribution < 1.29 is 34.4 Å². The van der Waals surface area contributed by atoms with Gasteiger partial charge in [0, 0.05) is 84.0 Å². The molecule has 3 fully saturated rings. The van der Waals surface area contributed by atoms with E-state index >= 15 is 4.79 Å². The van der Waals surface area contributed by atoms with Crippen LogP contribution in [0.15, 0.2) is 48.6 Å². The first-order chi connectivity index (χ1) is 26.3. The average Bonchev–Trinajstić information content (AvgIpc) is 3.84. The molecule has 1 spiro atoms. The molecule has 1 amide bonds. The molecular weight excluding hydrogens is 699 g/mol. The van der Waals surface area contributed by atoms with Crippen molar-refractivity contribution in [2.75, 3.05) is 58.9 Å². The van der Waals surface area contributed by atoms with Gasteiger partial charge in [-0.3, -0.25) is 19.4 Å². The molecule has 3 aromatic rings. The lowest BCUT2D eigenvalue weighted by atomic mass is 9.47. The van der Waals surface area contributed by atoms with Crippen LogP contribution in [0.4, 0.5) is 5.69 Å². The number of rotatable bonds is 6. The monoisotopic (exact) mass is 753 g/mol. The molecule has 2 bridgehead atoms. The molecule has 1 saturated carbocycles. The number of amides is 1. The molecule has 55 heavy (non-hydrogen) atoms. The van der Waals surface area contributed by atoms with Crippen LogP contribution in [0.5, 0.6) is 5.75 Å². The Kier molecular flexibility index (Phi) is 8.19. The summed E-state index contributed by atoms with van der Waals surface area (Å²) in [6.07, 6.45) is 5.78. The Labute approximate surface area is 322 Å². The number of aromatic nitrogens is 1. The van der Waals surface area contributed by atoms with E-state index in [9.17, 15) is 20.1 Å². The van der Waals surface area contributed by atoms with E-state index in [4.69, 9.17) is 15.2 Å². The van der Waals surface area contributed by atoms with E-state index in [0.717, 1.165) is 46.5 Å². The zero-order valence-corrected chi connectivity index (χ0v) is 32.6. The van der Waals surface area contributed by atoms with E-state index in [2.05, 4.69) is 26.9 Å². The van der Waals surface area contributed by atoms with Crippen LogP contribution in [0.3, 0.4) is 0 Å². The molecule has 6 heterocycles. The number of benzene rings is 2. The van der Waals surface area contributed by atoms with Gasteiger partial charge in [-0.15, -0.1) is 0 Å². The van der Waals surface area contributed by atoms with Crippen molar-refractivity contribution in [1.82, 2.24) is 14.8 Å². The predicted molar refractivity (Wildman–Crippen MR) is 208 cm³/mol. The van der Waals surface area contributed by atoms with E-state index in [-0.39, 0.29) is 12.0 Å². The summed E-state index contributed by atoms with van der Waals surface area (Å²) < 4.78 is 12.2. The summed E-state index contributed by atoms with van der Waals surface area (Å²) >= 11 is 0. The molecule has 5 aliphatic heterocycles. The van der Waals surface area contributed by atoms with Crippen molar-refractivity contribution >= 4 is 28.5 Å². The number of esters is 1. The highest BCUT2D eigenvalue weighted by molar-refractivity contribution is 5.95. The Bertz CT molecular complexity index is 2120. The van der Waals surface area contributed by atoms with Crippen LogP contribution in [-0.4, -0.2) is 125 Å². The number of primary amides is 1. The Hall–Kier alpha value is -3.94. The summed E-state index contributed by atoms with van der Waals surface area (Å²) in [5.74, 6) is -1.00. The Morgan fingerprint density at radius 2 is 1.82 bits per heavy atom. The van der Waals surface area contributed by atoms with Crippen LogP contribution in [0.25, 0.3) is 10.9 Å². The highest BCUT2D eigenvalue weighted by Gasteiger charge is 2.78. The molecule has 9 rings (SSSR count). The number of aromatic amines is 1. The van der Waals surface area contributed by atoms with E-state index in [1.807, 2.05) is 62.2 Å². The maximum Gasteiger partial charge on any atom is 0.322 e. The SMILES string of the molecule is CC[C@@]1(O)C[C@@H]2CN(CCc3c([nH]c4ccccc34)[C@](C(=O)OC)(c3cc4c(cc3OC)N(C)[C@@H]3[C@]45CCN4CC=C[C@@](CC)(C(O)[C@]3(O)C(N)=O)[C@H]45)C2)C1. The van der Waals surface area contributed by atoms with Gasteiger partial charge in [-0.1, -0.05) is 44.2 Å². The first-order valence-corrected chi connectivity index (χ1v) is 20.0. The number of nitrogens with one attached hydrogen (secondary N) is 1. The molecular formula is C43H55N5O7. The quantitative estimate of drug-likeness (QED) is 0.187. The zero-order valence-electron chi connectivity index (χ0n) is 32.6. The fourth-order valence-electron chi connectivity index (χ4n) is 13.1.